The van der Waals surface area contributed by atoms with Crippen molar-refractivity contribution < 1.29 is 8.42 Å². The zero-order valence-corrected chi connectivity index (χ0v) is 18.7. The Morgan fingerprint density at radius 1 is 0.968 bits per heavy atom. The Labute approximate surface area is 188 Å². The first-order chi connectivity index (χ1) is 14.8. The predicted octanol–water partition coefficient (Wildman–Crippen LogP) is 4.00. The molecule has 0 aliphatic heterocycles. The summed E-state index contributed by atoms with van der Waals surface area (Å²) in [7, 11) is -3.67. The van der Waals surface area contributed by atoms with Crippen LogP contribution in [0, 0.1) is 0 Å². The number of benzene rings is 3. The van der Waals surface area contributed by atoms with Crippen LogP contribution >= 0.6 is 12.2 Å². The minimum atomic E-state index is -3.67. The van der Waals surface area contributed by atoms with Gasteiger partial charge in [-0.1, -0.05) is 60.7 Å². The van der Waals surface area contributed by atoms with Gasteiger partial charge in [-0.05, 0) is 61.0 Å². The van der Waals surface area contributed by atoms with E-state index >= 15 is 0 Å². The van der Waals surface area contributed by atoms with Crippen LogP contribution in [-0.2, 0) is 16.4 Å². The highest BCUT2D eigenvalue weighted by Crippen LogP contribution is 2.17. The van der Waals surface area contributed by atoms with E-state index in [9.17, 15) is 8.42 Å². The molecule has 0 bridgehead atoms. The number of hydrogen-bond acceptors (Lipinski definition) is 4. The lowest BCUT2D eigenvalue weighted by atomic mass is 10.1. The van der Waals surface area contributed by atoms with Gasteiger partial charge in [-0.3, -0.25) is 4.72 Å². The van der Waals surface area contributed by atoms with E-state index in [0.29, 0.717) is 17.9 Å². The van der Waals surface area contributed by atoms with E-state index in [1.807, 2.05) is 43.3 Å². The second-order valence-corrected chi connectivity index (χ2v) is 8.98. The number of nitrogens with two attached hydrogens (primary N) is 1. The SMILES string of the molecule is C/C(=N\N(CCc1ccccc1)C(N)=S)c1ccc(S(=O)(=O)Nc2ccccc2)cc1. The highest BCUT2D eigenvalue weighted by Gasteiger charge is 2.14. The summed E-state index contributed by atoms with van der Waals surface area (Å²) >= 11 is 5.14. The van der Waals surface area contributed by atoms with Crippen molar-refractivity contribution in [2.24, 2.45) is 10.8 Å². The van der Waals surface area contributed by atoms with Gasteiger partial charge in [0, 0.05) is 12.2 Å². The lowest BCUT2D eigenvalue weighted by molar-refractivity contribution is 0.452. The fraction of sp³-hybridized carbons (Fsp3) is 0.130. The molecule has 0 saturated heterocycles. The third-order valence-corrected chi connectivity index (χ3v) is 6.20. The highest BCUT2D eigenvalue weighted by molar-refractivity contribution is 7.92. The maximum Gasteiger partial charge on any atom is 0.261 e. The number of para-hydroxylation sites is 1. The van der Waals surface area contributed by atoms with E-state index in [2.05, 4.69) is 9.82 Å². The second kappa shape index (κ2) is 10.2. The molecule has 160 valence electrons. The lowest BCUT2D eigenvalue weighted by Gasteiger charge is -2.18. The van der Waals surface area contributed by atoms with E-state index in [-0.39, 0.29) is 10.0 Å². The molecule has 0 saturated carbocycles. The number of nitrogens with zero attached hydrogens (tertiary/aromatic N) is 2. The van der Waals surface area contributed by atoms with Gasteiger partial charge in [-0.15, -0.1) is 0 Å². The zero-order valence-electron chi connectivity index (χ0n) is 17.1. The molecule has 3 rings (SSSR count). The normalized spacial score (nSPS) is 11.7. The number of nitrogens with one attached hydrogen (secondary N) is 1. The Morgan fingerprint density at radius 2 is 1.55 bits per heavy atom. The number of thiocarbonyl (C=S) groups is 1. The Morgan fingerprint density at radius 3 is 2.13 bits per heavy atom. The molecule has 6 nitrogen and oxygen atoms in total. The van der Waals surface area contributed by atoms with Crippen molar-refractivity contribution in [3.8, 4) is 0 Å². The van der Waals surface area contributed by atoms with E-state index < -0.39 is 10.0 Å². The topological polar surface area (TPSA) is 87.8 Å². The minimum Gasteiger partial charge on any atom is -0.375 e. The summed E-state index contributed by atoms with van der Waals surface area (Å²) in [5.74, 6) is 0. The summed E-state index contributed by atoms with van der Waals surface area (Å²) in [6, 6.07) is 25.3. The summed E-state index contributed by atoms with van der Waals surface area (Å²) in [5.41, 5.74) is 8.98. The maximum atomic E-state index is 12.6. The van der Waals surface area contributed by atoms with Gasteiger partial charge in [0.1, 0.15) is 0 Å². The lowest BCUT2D eigenvalue weighted by Crippen LogP contribution is -2.33. The zero-order chi connectivity index (χ0) is 22.3. The van der Waals surface area contributed by atoms with Crippen molar-refractivity contribution in [2.45, 2.75) is 18.2 Å². The smallest absolute Gasteiger partial charge is 0.261 e. The molecule has 0 heterocycles. The van der Waals surface area contributed by atoms with Crippen LogP contribution in [0.5, 0.6) is 0 Å². The van der Waals surface area contributed by atoms with Gasteiger partial charge in [0.2, 0.25) is 0 Å². The number of hydrogen-bond donors (Lipinski definition) is 2. The van der Waals surface area contributed by atoms with E-state index in [4.69, 9.17) is 18.0 Å². The molecule has 0 aliphatic carbocycles. The van der Waals surface area contributed by atoms with Gasteiger partial charge in [-0.25, -0.2) is 13.4 Å². The molecule has 0 unspecified atom stereocenters. The van der Waals surface area contributed by atoms with Crippen LogP contribution in [0.15, 0.2) is 94.9 Å². The fourth-order valence-electron chi connectivity index (χ4n) is 2.92. The molecule has 0 radical (unpaired) electrons. The summed E-state index contributed by atoms with van der Waals surface area (Å²) in [4.78, 5) is 0.170. The first-order valence-corrected chi connectivity index (χ1v) is 11.6. The summed E-state index contributed by atoms with van der Waals surface area (Å²) in [5, 5.41) is 6.30. The quantitative estimate of drug-likeness (QED) is 0.306. The molecule has 3 aromatic rings. The fourth-order valence-corrected chi connectivity index (χ4v) is 4.11. The number of hydrazone groups is 1. The van der Waals surface area contributed by atoms with Crippen molar-refractivity contribution in [3.05, 3.63) is 96.1 Å². The molecule has 0 spiro atoms. The molecule has 3 N–H and O–H groups in total. The molecule has 8 heteroatoms. The first-order valence-electron chi connectivity index (χ1n) is 9.69. The van der Waals surface area contributed by atoms with Crippen LogP contribution in [0.4, 0.5) is 5.69 Å². The van der Waals surface area contributed by atoms with Gasteiger partial charge < -0.3 is 5.73 Å². The number of anilines is 1. The molecule has 31 heavy (non-hydrogen) atoms. The monoisotopic (exact) mass is 452 g/mol. The van der Waals surface area contributed by atoms with Crippen LogP contribution in [0.2, 0.25) is 0 Å². The molecule has 0 amide bonds. The second-order valence-electron chi connectivity index (χ2n) is 6.88. The average Bonchev–Trinajstić information content (AvgIpc) is 2.77. The van der Waals surface area contributed by atoms with Crippen LogP contribution in [-0.4, -0.2) is 30.8 Å². The maximum absolute atomic E-state index is 12.6. The summed E-state index contributed by atoms with van der Waals surface area (Å²) in [6.45, 7) is 2.38. The van der Waals surface area contributed by atoms with Gasteiger partial charge >= 0.3 is 0 Å². The summed E-state index contributed by atoms with van der Waals surface area (Å²) < 4.78 is 27.7. The van der Waals surface area contributed by atoms with Gasteiger partial charge in [0.25, 0.3) is 10.0 Å². The van der Waals surface area contributed by atoms with E-state index in [1.165, 1.54) is 0 Å². The van der Waals surface area contributed by atoms with Gasteiger partial charge in [0.05, 0.1) is 10.6 Å². The van der Waals surface area contributed by atoms with E-state index in [0.717, 1.165) is 17.5 Å². The Kier molecular flexibility index (Phi) is 7.38. The largest absolute Gasteiger partial charge is 0.375 e. The van der Waals surface area contributed by atoms with Crippen molar-refractivity contribution in [1.29, 1.82) is 0 Å². The minimum absolute atomic E-state index is 0.170. The van der Waals surface area contributed by atoms with Crippen molar-refractivity contribution in [1.82, 2.24) is 5.01 Å². The van der Waals surface area contributed by atoms with Gasteiger partial charge in [-0.2, -0.15) is 5.10 Å². The van der Waals surface area contributed by atoms with Gasteiger partial charge in [0.15, 0.2) is 5.11 Å². The van der Waals surface area contributed by atoms with Crippen molar-refractivity contribution in [2.75, 3.05) is 11.3 Å². The molecule has 0 aliphatic rings. The van der Waals surface area contributed by atoms with Crippen LogP contribution < -0.4 is 10.5 Å². The van der Waals surface area contributed by atoms with Crippen molar-refractivity contribution >= 4 is 38.8 Å². The Hall–Kier alpha value is -3.23. The van der Waals surface area contributed by atoms with Crippen molar-refractivity contribution in [3.63, 3.8) is 0 Å². The number of sulfonamides is 1. The predicted molar refractivity (Wildman–Crippen MR) is 130 cm³/mol. The van der Waals surface area contributed by atoms with E-state index in [1.54, 1.807) is 53.5 Å². The van der Waals surface area contributed by atoms with Crippen LogP contribution in [0.25, 0.3) is 0 Å². The molecular weight excluding hydrogens is 428 g/mol. The third kappa shape index (κ3) is 6.37. The molecule has 3 aromatic carbocycles. The Bertz CT molecular complexity index is 1150. The first kappa shape index (κ1) is 22.5. The molecular formula is C23H24N4O2S2. The standard InChI is InChI=1S/C23H24N4O2S2/c1-18(25-27(23(24)30)17-16-19-8-4-2-5-9-19)20-12-14-22(15-13-20)31(28,29)26-21-10-6-3-7-11-21/h2-15,26H,16-17H2,1H3,(H2,24,30)/b25-18+. The summed E-state index contributed by atoms with van der Waals surface area (Å²) in [6.07, 6.45) is 0.747. The third-order valence-electron chi connectivity index (χ3n) is 4.59. The average molecular weight is 453 g/mol. The Balaban J connectivity index is 1.72. The van der Waals surface area contributed by atoms with Crippen LogP contribution in [0.1, 0.15) is 18.1 Å². The molecule has 0 fully saturated rings. The number of rotatable bonds is 8. The molecule has 0 atom stereocenters. The highest BCUT2D eigenvalue weighted by atomic mass is 32.2. The molecule has 0 aromatic heterocycles. The van der Waals surface area contributed by atoms with Crippen LogP contribution in [0.3, 0.4) is 0 Å².